The van der Waals surface area contributed by atoms with Crippen LogP contribution in [0.3, 0.4) is 0 Å². The molecule has 0 saturated carbocycles. The van der Waals surface area contributed by atoms with Crippen LogP contribution in [0.25, 0.3) is 0 Å². The van der Waals surface area contributed by atoms with Crippen molar-refractivity contribution in [2.75, 3.05) is 12.9 Å². The minimum absolute atomic E-state index is 0.133. The molecular weight excluding hydrogens is 296 g/mol. The van der Waals surface area contributed by atoms with Gasteiger partial charge in [-0.15, -0.1) is 11.8 Å². The Balaban J connectivity index is 0.000000255. The van der Waals surface area contributed by atoms with Gasteiger partial charge in [0.25, 0.3) is 0 Å². The van der Waals surface area contributed by atoms with Gasteiger partial charge in [0, 0.05) is 4.90 Å². The first-order valence-corrected chi connectivity index (χ1v) is 8.12. The number of hydrogen-bond acceptors (Lipinski definition) is 4. The van der Waals surface area contributed by atoms with Crippen molar-refractivity contribution < 1.29 is 14.3 Å². The van der Waals surface area contributed by atoms with E-state index in [4.69, 9.17) is 4.74 Å². The summed E-state index contributed by atoms with van der Waals surface area (Å²) in [7, 11) is 0. The summed E-state index contributed by atoms with van der Waals surface area (Å²) in [5.74, 6) is -0.516. The molecule has 0 bridgehead atoms. The van der Waals surface area contributed by atoms with Gasteiger partial charge >= 0.3 is 5.97 Å². The summed E-state index contributed by atoms with van der Waals surface area (Å²) < 4.78 is 4.72. The van der Waals surface area contributed by atoms with E-state index in [2.05, 4.69) is 18.4 Å². The molecule has 0 radical (unpaired) electrons. The van der Waals surface area contributed by atoms with Gasteiger partial charge < -0.3 is 4.74 Å². The normalized spacial score (nSPS) is 9.36. The van der Waals surface area contributed by atoms with Crippen molar-refractivity contribution in [3.63, 3.8) is 0 Å². The van der Waals surface area contributed by atoms with Crippen molar-refractivity contribution in [2.45, 2.75) is 18.2 Å². The quantitative estimate of drug-likeness (QED) is 0.622. The Hall–Kier alpha value is -2.07. The van der Waals surface area contributed by atoms with Crippen molar-refractivity contribution in [3.8, 4) is 0 Å². The molecule has 0 unspecified atom stereocenters. The van der Waals surface area contributed by atoms with Gasteiger partial charge in [-0.1, -0.05) is 48.5 Å². The summed E-state index contributed by atoms with van der Waals surface area (Å²) in [6.45, 7) is 1.25. The number of ketones is 1. The van der Waals surface area contributed by atoms with Crippen LogP contribution in [0.5, 0.6) is 0 Å². The lowest BCUT2D eigenvalue weighted by molar-refractivity contribution is -0.146. The van der Waals surface area contributed by atoms with Gasteiger partial charge in [-0.05, 0) is 30.9 Å². The summed E-state index contributed by atoms with van der Waals surface area (Å²) >= 11 is 1.77. The van der Waals surface area contributed by atoms with Gasteiger partial charge in [0.2, 0.25) is 0 Å². The second kappa shape index (κ2) is 10.6. The fourth-order valence-corrected chi connectivity index (χ4v) is 1.98. The molecule has 0 fully saturated rings. The Morgan fingerprint density at radius 3 is 1.95 bits per heavy atom. The van der Waals surface area contributed by atoms with E-state index in [1.165, 1.54) is 11.8 Å². The predicted molar refractivity (Wildman–Crippen MR) is 90.0 cm³/mol. The third-order valence-electron chi connectivity index (χ3n) is 2.61. The average Bonchev–Trinajstić information content (AvgIpc) is 2.55. The number of carbonyl (C=O) groups excluding carboxylic acids is 2. The molecule has 22 heavy (non-hydrogen) atoms. The van der Waals surface area contributed by atoms with Crippen LogP contribution in [-0.2, 0) is 20.7 Å². The molecule has 0 saturated heterocycles. The summed E-state index contributed by atoms with van der Waals surface area (Å²) in [6.07, 6.45) is 2.30. The van der Waals surface area contributed by atoms with Crippen LogP contribution in [0.15, 0.2) is 65.6 Å². The molecule has 0 aliphatic rings. The van der Waals surface area contributed by atoms with Crippen LogP contribution in [0.4, 0.5) is 0 Å². The number of benzene rings is 2. The minimum Gasteiger partial charge on any atom is -0.457 e. The fourth-order valence-electron chi connectivity index (χ4n) is 1.55. The van der Waals surface area contributed by atoms with Crippen LogP contribution in [0, 0.1) is 0 Å². The monoisotopic (exact) mass is 316 g/mol. The highest BCUT2D eigenvalue weighted by molar-refractivity contribution is 7.98. The first kappa shape index (κ1) is 18.0. The van der Waals surface area contributed by atoms with Crippen molar-refractivity contribution >= 4 is 23.5 Å². The number of hydrogen-bond donors (Lipinski definition) is 0. The number of esters is 1. The Kier molecular flexibility index (Phi) is 8.69. The maximum Gasteiger partial charge on any atom is 0.310 e. The standard InChI is InChI=1S/C11H12O3.C7H8S/c1-9(12)8-14-11(13)7-10-5-3-2-4-6-10;1-8-7-5-3-2-4-6-7/h2-6H,7-8H2,1H3;2-6H,1H3. The SMILES string of the molecule is CC(=O)COC(=O)Cc1ccccc1.CSc1ccccc1. The van der Waals surface area contributed by atoms with Crippen LogP contribution < -0.4 is 0 Å². The Morgan fingerprint density at radius 1 is 0.955 bits per heavy atom. The van der Waals surface area contributed by atoms with Gasteiger partial charge in [0.1, 0.15) is 6.61 Å². The molecule has 0 heterocycles. The molecule has 0 atom stereocenters. The average molecular weight is 316 g/mol. The maximum atomic E-state index is 11.1. The molecule has 2 aromatic rings. The van der Waals surface area contributed by atoms with Gasteiger partial charge in [-0.25, -0.2) is 0 Å². The van der Waals surface area contributed by atoms with E-state index in [-0.39, 0.29) is 24.8 Å². The highest BCUT2D eigenvalue weighted by Crippen LogP contribution is 2.11. The summed E-state index contributed by atoms with van der Waals surface area (Å²) in [4.78, 5) is 23.0. The van der Waals surface area contributed by atoms with Crippen molar-refractivity contribution in [3.05, 3.63) is 66.2 Å². The minimum atomic E-state index is -0.369. The van der Waals surface area contributed by atoms with E-state index in [0.717, 1.165) is 5.56 Å². The molecule has 0 N–H and O–H groups in total. The smallest absolute Gasteiger partial charge is 0.310 e. The molecule has 3 nitrogen and oxygen atoms in total. The zero-order valence-corrected chi connectivity index (χ0v) is 13.6. The van der Waals surface area contributed by atoms with E-state index in [9.17, 15) is 9.59 Å². The number of Topliss-reactive ketones (excluding diaryl/α,β-unsaturated/α-hetero) is 1. The number of carbonyl (C=O) groups is 2. The summed E-state index contributed by atoms with van der Waals surface area (Å²) in [6, 6.07) is 19.6. The number of rotatable bonds is 5. The first-order chi connectivity index (χ1) is 10.6. The topological polar surface area (TPSA) is 43.4 Å². The van der Waals surface area contributed by atoms with Gasteiger partial charge in [0.15, 0.2) is 5.78 Å². The predicted octanol–water partition coefficient (Wildman–Crippen LogP) is 3.77. The molecule has 4 heteroatoms. The zero-order valence-electron chi connectivity index (χ0n) is 12.8. The molecule has 0 spiro atoms. The van der Waals surface area contributed by atoms with Crippen LogP contribution in [-0.4, -0.2) is 24.6 Å². The highest BCUT2D eigenvalue weighted by Gasteiger charge is 2.04. The third kappa shape index (κ3) is 8.27. The van der Waals surface area contributed by atoms with Crippen LogP contribution in [0.2, 0.25) is 0 Å². The Labute approximate surface area is 135 Å². The Bertz CT molecular complexity index is 567. The summed E-state index contributed by atoms with van der Waals surface area (Å²) in [5, 5.41) is 0. The molecule has 0 amide bonds. The zero-order chi connectivity index (χ0) is 16.2. The van der Waals surface area contributed by atoms with Crippen molar-refractivity contribution in [1.29, 1.82) is 0 Å². The van der Waals surface area contributed by atoms with E-state index < -0.39 is 0 Å². The van der Waals surface area contributed by atoms with Crippen molar-refractivity contribution in [1.82, 2.24) is 0 Å². The molecule has 2 aromatic carbocycles. The molecule has 0 aromatic heterocycles. The maximum absolute atomic E-state index is 11.1. The van der Waals surface area contributed by atoms with E-state index >= 15 is 0 Å². The Morgan fingerprint density at radius 2 is 1.50 bits per heavy atom. The second-order valence-electron chi connectivity index (χ2n) is 4.54. The van der Waals surface area contributed by atoms with E-state index in [1.807, 2.05) is 48.5 Å². The van der Waals surface area contributed by atoms with E-state index in [1.54, 1.807) is 11.8 Å². The first-order valence-electron chi connectivity index (χ1n) is 6.90. The molecular formula is C18H20O3S. The van der Waals surface area contributed by atoms with Gasteiger partial charge in [-0.2, -0.15) is 0 Å². The lowest BCUT2D eigenvalue weighted by Gasteiger charge is -2.01. The summed E-state index contributed by atoms with van der Waals surface area (Å²) in [5.41, 5.74) is 0.890. The number of ether oxygens (including phenoxy) is 1. The second-order valence-corrected chi connectivity index (χ2v) is 5.42. The van der Waals surface area contributed by atoms with Crippen LogP contribution in [0.1, 0.15) is 12.5 Å². The lowest BCUT2D eigenvalue weighted by atomic mass is 10.2. The fraction of sp³-hybridized carbons (Fsp3) is 0.222. The molecule has 2 rings (SSSR count). The van der Waals surface area contributed by atoms with Crippen LogP contribution >= 0.6 is 11.8 Å². The van der Waals surface area contributed by atoms with E-state index in [0.29, 0.717) is 0 Å². The molecule has 0 aliphatic carbocycles. The van der Waals surface area contributed by atoms with Gasteiger partial charge in [-0.3, -0.25) is 9.59 Å². The lowest BCUT2D eigenvalue weighted by Crippen LogP contribution is -2.13. The van der Waals surface area contributed by atoms with Gasteiger partial charge in [0.05, 0.1) is 6.42 Å². The molecule has 116 valence electrons. The number of thioether (sulfide) groups is 1. The third-order valence-corrected chi connectivity index (χ3v) is 3.35. The van der Waals surface area contributed by atoms with Crippen molar-refractivity contribution in [2.24, 2.45) is 0 Å². The highest BCUT2D eigenvalue weighted by atomic mass is 32.2. The largest absolute Gasteiger partial charge is 0.457 e. The molecule has 0 aliphatic heterocycles.